The molecule has 6 rings (SSSR count). The second-order valence-electron chi connectivity index (χ2n) is 13.5. The third-order valence-corrected chi connectivity index (χ3v) is 10.8. The van der Waals surface area contributed by atoms with Crippen LogP contribution in [0.5, 0.6) is 17.2 Å². The lowest BCUT2D eigenvalue weighted by atomic mass is 9.84. The molecule has 12 heteroatoms. The number of hydrogen-bond acceptors (Lipinski definition) is 9. The Balaban J connectivity index is 1.42. The minimum atomic E-state index is -5.12. The van der Waals surface area contributed by atoms with Gasteiger partial charge in [-0.15, -0.1) is 11.3 Å². The van der Waals surface area contributed by atoms with Crippen molar-refractivity contribution in [3.8, 4) is 35.5 Å². The minimum Gasteiger partial charge on any atom is -0.488 e. The number of alkyl halides is 3. The molecular weight excluding hydrogens is 762 g/mol. The van der Waals surface area contributed by atoms with Gasteiger partial charge in [-0.05, 0) is 48.8 Å². The van der Waals surface area contributed by atoms with E-state index in [9.17, 15) is 15.8 Å². The molecule has 4 aromatic rings. The molecule has 1 atom stereocenters. The van der Waals surface area contributed by atoms with Crippen LogP contribution < -0.4 is 19.1 Å². The Labute approximate surface area is 340 Å². The van der Waals surface area contributed by atoms with Gasteiger partial charge in [0, 0.05) is 41.5 Å². The maximum Gasteiger partial charge on any atom is 0.437 e. The van der Waals surface area contributed by atoms with Crippen LogP contribution in [0.4, 0.5) is 18.9 Å². The maximum absolute atomic E-state index is 15.4. The molecule has 0 N–H and O–H groups in total. The summed E-state index contributed by atoms with van der Waals surface area (Å²) in [5.74, 6) is 0.726. The van der Waals surface area contributed by atoms with Gasteiger partial charge < -0.3 is 23.8 Å². The molecule has 0 fully saturated rings. The van der Waals surface area contributed by atoms with Crippen molar-refractivity contribution in [1.82, 2.24) is 0 Å². The SMILES string of the molecule is CCCCN(CCCC)c1ccc(/C=C/c2sc(/C=C/C3=C(C#N)C(=C(C#N)C#N)OC3(c3ccccc3)C(F)(F)F)c3c2OCCO3)c(OCc2ccccc2)c1. The fourth-order valence-corrected chi connectivity index (χ4v) is 7.76. The lowest BCUT2D eigenvalue weighted by Gasteiger charge is -2.33. The molecule has 2 aliphatic rings. The van der Waals surface area contributed by atoms with E-state index in [1.807, 2.05) is 48.6 Å². The van der Waals surface area contributed by atoms with Gasteiger partial charge in [0.25, 0.3) is 5.60 Å². The Morgan fingerprint density at radius 2 is 1.43 bits per heavy atom. The minimum absolute atomic E-state index is 0.214. The van der Waals surface area contributed by atoms with Crippen LogP contribution in [-0.4, -0.2) is 32.5 Å². The maximum atomic E-state index is 15.4. The summed E-state index contributed by atoms with van der Waals surface area (Å²) < 4.78 is 70.2. The van der Waals surface area contributed by atoms with E-state index in [4.69, 9.17) is 18.9 Å². The first-order valence-electron chi connectivity index (χ1n) is 19.0. The van der Waals surface area contributed by atoms with E-state index in [1.165, 1.54) is 41.7 Å². The number of rotatable bonds is 15. The zero-order valence-corrected chi connectivity index (χ0v) is 33.0. The molecule has 0 aliphatic carbocycles. The lowest BCUT2D eigenvalue weighted by Crippen LogP contribution is -2.43. The molecule has 0 saturated heterocycles. The van der Waals surface area contributed by atoms with Crippen LogP contribution in [0.15, 0.2) is 107 Å². The predicted octanol–water partition coefficient (Wildman–Crippen LogP) is 11.3. The standard InChI is InChI=1S/C46H41F3N4O4S/c1-3-5-23-53(24-6-4-2)36-19-17-33(39(27-36)56-31-32-13-9-7-10-14-32)18-21-40-43-44(55-26-25-54-43)41(58-40)22-20-38-37(30-52)42(34(28-50)29-51)57-45(38,46(47,48)49)35-15-11-8-12-16-35/h7-22,27H,3-6,23-26,31H2,1-2H3/b21-18+,22-20+. The normalized spacial score (nSPS) is 16.2. The molecule has 0 spiro atoms. The Morgan fingerprint density at radius 3 is 2.00 bits per heavy atom. The smallest absolute Gasteiger partial charge is 0.437 e. The van der Waals surface area contributed by atoms with Crippen LogP contribution in [0.2, 0.25) is 0 Å². The highest BCUT2D eigenvalue weighted by atomic mass is 32.1. The van der Waals surface area contributed by atoms with Crippen LogP contribution in [-0.2, 0) is 16.9 Å². The summed E-state index contributed by atoms with van der Waals surface area (Å²) in [5, 5.41) is 29.4. The topological polar surface area (TPSA) is 112 Å². The second kappa shape index (κ2) is 18.7. The molecule has 0 radical (unpaired) electrons. The fourth-order valence-electron chi connectivity index (χ4n) is 6.76. The van der Waals surface area contributed by atoms with E-state index in [0.29, 0.717) is 33.6 Å². The zero-order valence-electron chi connectivity index (χ0n) is 32.1. The van der Waals surface area contributed by atoms with Crippen LogP contribution in [0, 0.1) is 34.0 Å². The van der Waals surface area contributed by atoms with E-state index in [0.717, 1.165) is 61.7 Å². The van der Waals surface area contributed by atoms with Gasteiger partial charge in [0.1, 0.15) is 49.4 Å². The molecule has 8 nitrogen and oxygen atoms in total. The van der Waals surface area contributed by atoms with Gasteiger partial charge in [-0.1, -0.05) is 93.4 Å². The molecule has 0 saturated carbocycles. The van der Waals surface area contributed by atoms with Gasteiger partial charge in [-0.2, -0.15) is 29.0 Å². The van der Waals surface area contributed by atoms with Crippen LogP contribution in [0.3, 0.4) is 0 Å². The Kier molecular flexibility index (Phi) is 13.3. The number of allylic oxidation sites excluding steroid dienone is 2. The van der Waals surface area contributed by atoms with Gasteiger partial charge in [0.2, 0.25) is 0 Å². The fraction of sp³-hybridized carbons (Fsp3) is 0.283. The van der Waals surface area contributed by atoms with Crippen molar-refractivity contribution in [1.29, 1.82) is 15.8 Å². The van der Waals surface area contributed by atoms with Gasteiger partial charge in [-0.25, -0.2) is 0 Å². The number of halogens is 3. The average molecular weight is 803 g/mol. The number of anilines is 1. The molecular formula is C46H41F3N4O4S. The molecule has 1 unspecified atom stereocenters. The van der Waals surface area contributed by atoms with Crippen molar-refractivity contribution in [2.24, 2.45) is 0 Å². The third kappa shape index (κ3) is 8.61. The van der Waals surface area contributed by atoms with Gasteiger partial charge in [0.15, 0.2) is 22.8 Å². The Hall–Kier alpha value is -6.42. The molecule has 3 heterocycles. The van der Waals surface area contributed by atoms with Crippen molar-refractivity contribution in [2.45, 2.75) is 57.9 Å². The highest BCUT2D eigenvalue weighted by Crippen LogP contribution is 2.56. The second-order valence-corrected chi connectivity index (χ2v) is 14.6. The highest BCUT2D eigenvalue weighted by molar-refractivity contribution is 7.14. The summed E-state index contributed by atoms with van der Waals surface area (Å²) in [7, 11) is 0. The first-order valence-corrected chi connectivity index (χ1v) is 19.9. The third-order valence-electron chi connectivity index (χ3n) is 9.70. The molecule has 0 bridgehead atoms. The molecule has 3 aromatic carbocycles. The number of fused-ring (bicyclic) bond motifs is 1. The quantitative estimate of drug-likeness (QED) is 0.109. The van der Waals surface area contributed by atoms with Crippen molar-refractivity contribution >= 4 is 35.3 Å². The summed E-state index contributed by atoms with van der Waals surface area (Å²) in [5.41, 5.74) is -2.51. The van der Waals surface area contributed by atoms with E-state index < -0.39 is 34.3 Å². The van der Waals surface area contributed by atoms with E-state index in [1.54, 1.807) is 24.3 Å². The van der Waals surface area contributed by atoms with Crippen molar-refractivity contribution in [2.75, 3.05) is 31.2 Å². The van der Waals surface area contributed by atoms with Crippen molar-refractivity contribution in [3.05, 3.63) is 134 Å². The summed E-state index contributed by atoms with van der Waals surface area (Å²) in [4.78, 5) is 3.47. The largest absolute Gasteiger partial charge is 0.488 e. The van der Waals surface area contributed by atoms with Crippen molar-refractivity contribution in [3.63, 3.8) is 0 Å². The summed E-state index contributed by atoms with van der Waals surface area (Å²) in [6, 6.07) is 27.8. The van der Waals surface area contributed by atoms with E-state index in [-0.39, 0.29) is 18.8 Å². The summed E-state index contributed by atoms with van der Waals surface area (Å²) >= 11 is 1.23. The zero-order chi connectivity index (χ0) is 41.1. The van der Waals surface area contributed by atoms with E-state index in [2.05, 4.69) is 30.9 Å². The lowest BCUT2D eigenvalue weighted by molar-refractivity contribution is -0.249. The highest BCUT2D eigenvalue weighted by Gasteiger charge is 2.65. The average Bonchev–Trinajstić information content (AvgIpc) is 3.78. The summed E-state index contributed by atoms with van der Waals surface area (Å²) in [6.07, 6.45) is 5.52. The Bertz CT molecular complexity index is 2320. The van der Waals surface area contributed by atoms with Gasteiger partial charge >= 0.3 is 6.18 Å². The van der Waals surface area contributed by atoms with Crippen LogP contribution in [0.25, 0.3) is 18.2 Å². The molecule has 58 heavy (non-hydrogen) atoms. The summed E-state index contributed by atoms with van der Waals surface area (Å²) in [6.45, 7) is 7.07. The number of ether oxygens (including phenoxy) is 4. The first-order chi connectivity index (χ1) is 28.2. The number of unbranched alkanes of at least 4 members (excludes halogenated alkanes) is 2. The van der Waals surface area contributed by atoms with Crippen molar-refractivity contribution < 1.29 is 32.1 Å². The first kappa shape index (κ1) is 41.2. The molecule has 0 amide bonds. The number of thiophene rings is 1. The monoisotopic (exact) mass is 802 g/mol. The number of nitriles is 3. The predicted molar refractivity (Wildman–Crippen MR) is 219 cm³/mol. The Morgan fingerprint density at radius 1 is 0.828 bits per heavy atom. The van der Waals surface area contributed by atoms with Crippen LogP contribution >= 0.6 is 11.3 Å². The molecule has 296 valence electrons. The molecule has 1 aromatic heterocycles. The van der Waals surface area contributed by atoms with Gasteiger partial charge in [-0.3, -0.25) is 0 Å². The number of benzene rings is 3. The van der Waals surface area contributed by atoms with Crippen LogP contribution in [0.1, 0.15) is 66.0 Å². The number of hydrogen-bond donors (Lipinski definition) is 0. The van der Waals surface area contributed by atoms with E-state index >= 15 is 13.2 Å². The number of nitrogens with zero attached hydrogens (tertiary/aromatic N) is 4. The van der Waals surface area contributed by atoms with Gasteiger partial charge in [0.05, 0.1) is 9.75 Å². The molecule has 2 aliphatic heterocycles.